The molecule has 0 aliphatic rings. The van der Waals surface area contributed by atoms with Gasteiger partial charge in [0.05, 0.1) is 26.9 Å². The molecule has 2 aromatic heterocycles. The lowest BCUT2D eigenvalue weighted by molar-refractivity contribution is -0.113. The molecule has 162 valence electrons. The number of rotatable bonds is 7. The van der Waals surface area contributed by atoms with E-state index in [-0.39, 0.29) is 28.8 Å². The van der Waals surface area contributed by atoms with Crippen LogP contribution in [0.2, 0.25) is 10.0 Å². The van der Waals surface area contributed by atoms with Crippen molar-refractivity contribution in [2.45, 2.75) is 11.7 Å². The summed E-state index contributed by atoms with van der Waals surface area (Å²) in [6.45, 7) is 4.04. The van der Waals surface area contributed by atoms with Crippen LogP contribution in [0.3, 0.4) is 0 Å². The summed E-state index contributed by atoms with van der Waals surface area (Å²) in [5.74, 6) is -0.232. The number of aromatic nitrogens is 2. The van der Waals surface area contributed by atoms with Crippen LogP contribution in [0.1, 0.15) is 0 Å². The van der Waals surface area contributed by atoms with E-state index in [9.17, 15) is 9.59 Å². The van der Waals surface area contributed by atoms with Gasteiger partial charge in [-0.2, -0.15) is 0 Å². The molecule has 9 heteroatoms. The second kappa shape index (κ2) is 9.92. The number of thiophene rings is 1. The maximum Gasteiger partial charge on any atom is 0.263 e. The predicted octanol–water partition coefficient (Wildman–Crippen LogP) is 6.35. The molecule has 0 spiro atoms. The zero-order valence-corrected chi connectivity index (χ0v) is 19.8. The van der Waals surface area contributed by atoms with Crippen LogP contribution in [-0.4, -0.2) is 21.2 Å². The normalized spacial score (nSPS) is 10.9. The van der Waals surface area contributed by atoms with Crippen molar-refractivity contribution in [3.8, 4) is 11.1 Å². The van der Waals surface area contributed by atoms with Crippen molar-refractivity contribution in [3.05, 3.63) is 87.0 Å². The molecular weight excluding hydrogens is 485 g/mol. The van der Waals surface area contributed by atoms with Crippen LogP contribution < -0.4 is 10.9 Å². The minimum Gasteiger partial charge on any atom is -0.324 e. The number of fused-ring (bicyclic) bond motifs is 1. The minimum absolute atomic E-state index is 0.0504. The number of carbonyl (C=O) groups excluding carboxylic acids is 1. The highest BCUT2D eigenvalue weighted by Gasteiger charge is 2.18. The fraction of sp³-hybridized carbons (Fsp3) is 0.0870. The number of nitrogens with zero attached hydrogens (tertiary/aromatic N) is 2. The number of hydrogen-bond donors (Lipinski definition) is 1. The van der Waals surface area contributed by atoms with Crippen LogP contribution in [0, 0.1) is 0 Å². The second-order valence-corrected chi connectivity index (χ2v) is 9.32. The SMILES string of the molecule is C=CCn1c(SCC(=O)Nc2cccc(Cl)c2Cl)nc2scc(-c3ccccc3)c2c1=O. The second-order valence-electron chi connectivity index (χ2n) is 6.73. The summed E-state index contributed by atoms with van der Waals surface area (Å²) in [6, 6.07) is 14.8. The van der Waals surface area contributed by atoms with Gasteiger partial charge >= 0.3 is 0 Å². The first-order valence-corrected chi connectivity index (χ1v) is 12.2. The summed E-state index contributed by atoms with van der Waals surface area (Å²) in [6.07, 6.45) is 1.64. The summed E-state index contributed by atoms with van der Waals surface area (Å²) in [7, 11) is 0. The molecule has 1 amide bonds. The molecule has 1 N–H and O–H groups in total. The number of amides is 1. The molecule has 2 heterocycles. The molecule has 0 fully saturated rings. The van der Waals surface area contributed by atoms with Crippen LogP contribution in [-0.2, 0) is 11.3 Å². The van der Waals surface area contributed by atoms with Crippen molar-refractivity contribution in [1.82, 2.24) is 9.55 Å². The van der Waals surface area contributed by atoms with Crippen molar-refractivity contribution in [2.24, 2.45) is 0 Å². The largest absolute Gasteiger partial charge is 0.324 e. The Labute approximate surface area is 202 Å². The molecule has 5 nitrogen and oxygen atoms in total. The summed E-state index contributed by atoms with van der Waals surface area (Å²) >= 11 is 14.7. The van der Waals surface area contributed by atoms with Gasteiger partial charge < -0.3 is 5.32 Å². The highest BCUT2D eigenvalue weighted by molar-refractivity contribution is 7.99. The third-order valence-electron chi connectivity index (χ3n) is 4.61. The van der Waals surface area contributed by atoms with Crippen LogP contribution in [0.15, 0.2) is 76.5 Å². The molecule has 0 radical (unpaired) electrons. The van der Waals surface area contributed by atoms with Gasteiger partial charge in [0.15, 0.2) is 5.16 Å². The first-order chi connectivity index (χ1) is 15.5. The Morgan fingerprint density at radius 3 is 2.72 bits per heavy atom. The maximum atomic E-state index is 13.3. The van der Waals surface area contributed by atoms with Gasteiger partial charge in [0.25, 0.3) is 5.56 Å². The zero-order chi connectivity index (χ0) is 22.7. The number of nitrogens with one attached hydrogen (secondary N) is 1. The third-order valence-corrected chi connectivity index (χ3v) is 7.28. The Morgan fingerprint density at radius 1 is 1.19 bits per heavy atom. The molecule has 2 aromatic carbocycles. The van der Waals surface area contributed by atoms with Gasteiger partial charge in [-0.3, -0.25) is 14.2 Å². The Balaban J connectivity index is 1.63. The van der Waals surface area contributed by atoms with Gasteiger partial charge in [-0.25, -0.2) is 4.98 Å². The molecule has 0 aliphatic heterocycles. The van der Waals surface area contributed by atoms with E-state index in [1.807, 2.05) is 35.7 Å². The van der Waals surface area contributed by atoms with E-state index in [1.165, 1.54) is 23.1 Å². The third kappa shape index (κ3) is 4.61. The summed E-state index contributed by atoms with van der Waals surface area (Å²) in [5.41, 5.74) is 2.09. The number of benzene rings is 2. The van der Waals surface area contributed by atoms with E-state index < -0.39 is 0 Å². The Bertz CT molecular complexity index is 1370. The van der Waals surface area contributed by atoms with E-state index in [2.05, 4.69) is 16.9 Å². The van der Waals surface area contributed by atoms with Crippen molar-refractivity contribution >= 4 is 68.1 Å². The number of anilines is 1. The highest BCUT2D eigenvalue weighted by Crippen LogP contribution is 2.32. The summed E-state index contributed by atoms with van der Waals surface area (Å²) in [4.78, 5) is 31.2. The van der Waals surface area contributed by atoms with E-state index >= 15 is 0 Å². The number of carbonyl (C=O) groups is 1. The van der Waals surface area contributed by atoms with E-state index in [1.54, 1.807) is 28.8 Å². The Hall–Kier alpha value is -2.58. The Kier molecular flexibility index (Phi) is 7.01. The van der Waals surface area contributed by atoms with Gasteiger partial charge in [-0.05, 0) is 17.7 Å². The first-order valence-electron chi connectivity index (χ1n) is 9.54. The average Bonchev–Trinajstić information content (AvgIpc) is 3.22. The lowest BCUT2D eigenvalue weighted by atomic mass is 10.1. The summed E-state index contributed by atoms with van der Waals surface area (Å²) < 4.78 is 1.54. The fourth-order valence-corrected chi connectivity index (χ4v) is 5.30. The van der Waals surface area contributed by atoms with Gasteiger partial charge in [0.1, 0.15) is 4.83 Å². The Morgan fingerprint density at radius 2 is 1.97 bits per heavy atom. The topological polar surface area (TPSA) is 64.0 Å². The molecular formula is C23H17Cl2N3O2S2. The van der Waals surface area contributed by atoms with Gasteiger partial charge in [-0.15, -0.1) is 17.9 Å². The lowest BCUT2D eigenvalue weighted by Crippen LogP contribution is -2.23. The molecule has 0 saturated heterocycles. The van der Waals surface area contributed by atoms with Crippen LogP contribution in [0.5, 0.6) is 0 Å². The molecule has 0 bridgehead atoms. The monoisotopic (exact) mass is 501 g/mol. The summed E-state index contributed by atoms with van der Waals surface area (Å²) in [5, 5.41) is 6.34. The maximum absolute atomic E-state index is 13.3. The molecule has 4 aromatic rings. The minimum atomic E-state index is -0.283. The molecule has 0 saturated carbocycles. The number of halogens is 2. The molecule has 4 rings (SSSR count). The van der Waals surface area contributed by atoms with Crippen molar-refractivity contribution in [2.75, 3.05) is 11.1 Å². The predicted molar refractivity (Wildman–Crippen MR) is 135 cm³/mol. The van der Waals surface area contributed by atoms with Gasteiger partial charge in [0.2, 0.25) is 5.91 Å². The van der Waals surface area contributed by atoms with Crippen molar-refractivity contribution in [1.29, 1.82) is 0 Å². The number of thioether (sulfide) groups is 1. The standard InChI is InChI=1S/C23H17Cl2N3O2S2/c1-2-11-28-22(30)19-15(14-7-4-3-5-8-14)12-31-21(19)27-23(28)32-13-18(29)26-17-10-6-9-16(24)20(17)25/h2-10,12H,1,11,13H2,(H,26,29). The highest BCUT2D eigenvalue weighted by atomic mass is 35.5. The first kappa shape index (κ1) is 22.6. The number of hydrogen-bond acceptors (Lipinski definition) is 5. The van der Waals surface area contributed by atoms with Crippen LogP contribution in [0.4, 0.5) is 5.69 Å². The van der Waals surface area contributed by atoms with E-state index in [0.29, 0.717) is 26.1 Å². The van der Waals surface area contributed by atoms with Gasteiger partial charge in [-0.1, -0.05) is 77.4 Å². The lowest BCUT2D eigenvalue weighted by Gasteiger charge is -2.11. The van der Waals surface area contributed by atoms with Crippen LogP contribution in [0.25, 0.3) is 21.3 Å². The van der Waals surface area contributed by atoms with E-state index in [0.717, 1.165) is 11.1 Å². The molecule has 0 unspecified atom stereocenters. The average molecular weight is 502 g/mol. The van der Waals surface area contributed by atoms with Crippen molar-refractivity contribution in [3.63, 3.8) is 0 Å². The molecule has 0 aliphatic carbocycles. The molecule has 0 atom stereocenters. The zero-order valence-electron chi connectivity index (χ0n) is 16.7. The number of allylic oxidation sites excluding steroid dienone is 1. The van der Waals surface area contributed by atoms with Gasteiger partial charge in [0, 0.05) is 17.5 Å². The van der Waals surface area contributed by atoms with E-state index in [4.69, 9.17) is 23.2 Å². The fourth-order valence-electron chi connectivity index (χ4n) is 3.15. The van der Waals surface area contributed by atoms with Crippen molar-refractivity contribution < 1.29 is 4.79 Å². The molecule has 32 heavy (non-hydrogen) atoms. The smallest absolute Gasteiger partial charge is 0.263 e. The quantitative estimate of drug-likeness (QED) is 0.182. The van der Waals surface area contributed by atoms with Crippen LogP contribution >= 0.6 is 46.3 Å².